The van der Waals surface area contributed by atoms with Crippen molar-refractivity contribution in [3.63, 3.8) is 0 Å². The van der Waals surface area contributed by atoms with Gasteiger partial charge < -0.3 is 15.3 Å². The van der Waals surface area contributed by atoms with Crippen molar-refractivity contribution in [3.8, 4) is 0 Å². The summed E-state index contributed by atoms with van der Waals surface area (Å²) >= 11 is 2.83. The molecule has 6 nitrogen and oxygen atoms in total. The van der Waals surface area contributed by atoms with E-state index < -0.39 is 5.97 Å². The predicted molar refractivity (Wildman–Crippen MR) is 104 cm³/mol. The van der Waals surface area contributed by atoms with Gasteiger partial charge in [0.25, 0.3) is 0 Å². The smallest absolute Gasteiger partial charge is 0.355 e. The van der Waals surface area contributed by atoms with E-state index in [1.165, 1.54) is 54.4 Å². The molecule has 1 fully saturated rings. The number of aromatic nitrogens is 1. The van der Waals surface area contributed by atoms with Crippen molar-refractivity contribution < 1.29 is 14.7 Å². The monoisotopic (exact) mass is 387 g/mol. The number of carbonyl (C=O) groups is 2. The van der Waals surface area contributed by atoms with Crippen LogP contribution >= 0.6 is 23.1 Å². The second kappa shape index (κ2) is 12.3. The standard InChI is InChI=1S/C11H14N2O3S2.C6H15N/c1-7-2-3-9(14)13(7)4-5-17-11-12-8(6-18-11)10(15)16;1-3-5-7-6-4-2/h6-7H,2-5H2,1H3,(H,15,16);7H,3-6H2,1-2H3/t7-;/m1./s1. The molecule has 25 heavy (non-hydrogen) atoms. The molecule has 0 unspecified atom stereocenters. The van der Waals surface area contributed by atoms with Crippen molar-refractivity contribution in [2.24, 2.45) is 0 Å². The average Bonchev–Trinajstić information content (AvgIpc) is 3.18. The molecule has 142 valence electrons. The highest BCUT2D eigenvalue weighted by Gasteiger charge is 2.26. The number of nitrogens with zero attached hydrogens (tertiary/aromatic N) is 2. The molecule has 0 radical (unpaired) electrons. The summed E-state index contributed by atoms with van der Waals surface area (Å²) in [6.07, 6.45) is 4.08. The third kappa shape index (κ3) is 8.20. The Labute approximate surface area is 158 Å². The third-order valence-electron chi connectivity index (χ3n) is 3.74. The van der Waals surface area contributed by atoms with E-state index in [2.05, 4.69) is 31.1 Å². The van der Waals surface area contributed by atoms with E-state index in [4.69, 9.17) is 5.11 Å². The molecule has 1 amide bonds. The lowest BCUT2D eigenvalue weighted by molar-refractivity contribution is -0.128. The van der Waals surface area contributed by atoms with Gasteiger partial charge in [0.2, 0.25) is 5.91 Å². The van der Waals surface area contributed by atoms with Crippen LogP contribution in [0.1, 0.15) is 56.9 Å². The van der Waals surface area contributed by atoms with Gasteiger partial charge in [-0.3, -0.25) is 4.79 Å². The Morgan fingerprint density at radius 1 is 1.44 bits per heavy atom. The number of likely N-dealkylation sites (tertiary alicyclic amines) is 1. The number of thioether (sulfide) groups is 1. The molecule has 1 atom stereocenters. The van der Waals surface area contributed by atoms with Crippen LogP contribution in [0.3, 0.4) is 0 Å². The van der Waals surface area contributed by atoms with Crippen molar-refractivity contribution in [1.82, 2.24) is 15.2 Å². The van der Waals surface area contributed by atoms with Crippen molar-refractivity contribution in [1.29, 1.82) is 0 Å². The summed E-state index contributed by atoms with van der Waals surface area (Å²) in [6.45, 7) is 9.47. The Balaban J connectivity index is 0.000000381. The number of rotatable bonds is 9. The first-order valence-corrected chi connectivity index (χ1v) is 10.7. The van der Waals surface area contributed by atoms with Crippen molar-refractivity contribution >= 4 is 35.0 Å². The maximum Gasteiger partial charge on any atom is 0.355 e. The lowest BCUT2D eigenvalue weighted by Gasteiger charge is -2.20. The van der Waals surface area contributed by atoms with Crippen molar-refractivity contribution in [3.05, 3.63) is 11.1 Å². The molecule has 0 spiro atoms. The Morgan fingerprint density at radius 2 is 2.12 bits per heavy atom. The average molecular weight is 388 g/mol. The summed E-state index contributed by atoms with van der Waals surface area (Å²) in [5.74, 6) is -0.0299. The lowest BCUT2D eigenvalue weighted by Crippen LogP contribution is -2.32. The minimum Gasteiger partial charge on any atom is -0.476 e. The van der Waals surface area contributed by atoms with Gasteiger partial charge in [-0.2, -0.15) is 0 Å². The normalized spacial score (nSPS) is 16.7. The number of nitrogens with one attached hydrogen (secondary N) is 1. The molecule has 1 aliphatic rings. The second-order valence-corrected chi connectivity index (χ2v) is 8.08. The van der Waals surface area contributed by atoms with Crippen LogP contribution in [0.15, 0.2) is 9.72 Å². The molecule has 0 saturated carbocycles. The van der Waals surface area contributed by atoms with Gasteiger partial charge in [-0.1, -0.05) is 25.6 Å². The van der Waals surface area contributed by atoms with Gasteiger partial charge in [0.15, 0.2) is 10.0 Å². The highest BCUT2D eigenvalue weighted by molar-refractivity contribution is 8.01. The number of aromatic carboxylic acids is 1. The Hall–Kier alpha value is -1.12. The van der Waals surface area contributed by atoms with Gasteiger partial charge in [0.1, 0.15) is 0 Å². The number of thiazole rings is 1. The van der Waals surface area contributed by atoms with Crippen LogP contribution in [0, 0.1) is 0 Å². The van der Waals surface area contributed by atoms with Gasteiger partial charge in [-0.15, -0.1) is 11.3 Å². The molecule has 2 N–H and O–H groups in total. The molecule has 2 rings (SSSR count). The summed E-state index contributed by atoms with van der Waals surface area (Å²) < 4.78 is 0.742. The van der Waals surface area contributed by atoms with Gasteiger partial charge in [-0.25, -0.2) is 9.78 Å². The molecule has 1 aliphatic heterocycles. The first-order chi connectivity index (χ1) is 12.0. The number of amides is 1. The van der Waals surface area contributed by atoms with Crippen molar-refractivity contribution in [2.45, 2.75) is 56.8 Å². The van der Waals surface area contributed by atoms with Gasteiger partial charge in [0, 0.05) is 30.1 Å². The maximum atomic E-state index is 11.5. The van der Waals surface area contributed by atoms with Crippen LogP contribution in [-0.2, 0) is 4.79 Å². The van der Waals surface area contributed by atoms with Crippen LogP contribution in [0.2, 0.25) is 0 Å². The van der Waals surface area contributed by atoms with Gasteiger partial charge in [0.05, 0.1) is 0 Å². The fourth-order valence-corrected chi connectivity index (χ4v) is 4.16. The number of carbonyl (C=O) groups excluding carboxylic acids is 1. The summed E-state index contributed by atoms with van der Waals surface area (Å²) in [5, 5.41) is 13.6. The fourth-order valence-electron chi connectivity index (χ4n) is 2.35. The maximum absolute atomic E-state index is 11.5. The molecule has 0 aromatic carbocycles. The van der Waals surface area contributed by atoms with Crippen LogP contribution in [0.4, 0.5) is 0 Å². The molecule has 1 aromatic heterocycles. The quantitative estimate of drug-likeness (QED) is 0.499. The molecule has 1 aromatic rings. The van der Waals surface area contributed by atoms with Gasteiger partial charge >= 0.3 is 5.97 Å². The van der Waals surface area contributed by atoms with E-state index >= 15 is 0 Å². The van der Waals surface area contributed by atoms with Crippen molar-refractivity contribution in [2.75, 3.05) is 25.4 Å². The second-order valence-electron chi connectivity index (χ2n) is 5.88. The Morgan fingerprint density at radius 3 is 2.60 bits per heavy atom. The predicted octanol–water partition coefficient (Wildman–Crippen LogP) is 3.34. The molecule has 1 saturated heterocycles. The summed E-state index contributed by atoms with van der Waals surface area (Å²) in [7, 11) is 0. The fraction of sp³-hybridized carbons (Fsp3) is 0.706. The van der Waals surface area contributed by atoms with E-state index in [1.807, 2.05) is 4.90 Å². The molecule has 2 heterocycles. The van der Waals surface area contributed by atoms with E-state index in [0.29, 0.717) is 19.0 Å². The zero-order chi connectivity index (χ0) is 18.7. The number of hydrogen-bond donors (Lipinski definition) is 2. The minimum atomic E-state index is -0.999. The highest BCUT2D eigenvalue weighted by atomic mass is 32.2. The number of carboxylic acid groups (broad SMARTS) is 1. The Kier molecular flexibility index (Phi) is 10.8. The Bertz CT molecular complexity index is 533. The van der Waals surface area contributed by atoms with E-state index in [0.717, 1.165) is 16.5 Å². The van der Waals surface area contributed by atoms with E-state index in [-0.39, 0.29) is 11.6 Å². The molecule has 8 heteroatoms. The number of hydrogen-bond acceptors (Lipinski definition) is 6. The van der Waals surface area contributed by atoms with E-state index in [9.17, 15) is 9.59 Å². The molecule has 0 aliphatic carbocycles. The molecular weight excluding hydrogens is 358 g/mol. The first kappa shape index (κ1) is 21.9. The highest BCUT2D eigenvalue weighted by Crippen LogP contribution is 2.24. The zero-order valence-electron chi connectivity index (χ0n) is 15.3. The summed E-state index contributed by atoms with van der Waals surface area (Å²) in [4.78, 5) is 28.1. The lowest BCUT2D eigenvalue weighted by atomic mass is 10.2. The van der Waals surface area contributed by atoms with Crippen LogP contribution in [0.5, 0.6) is 0 Å². The van der Waals surface area contributed by atoms with Crippen LogP contribution in [0.25, 0.3) is 0 Å². The summed E-state index contributed by atoms with van der Waals surface area (Å²) in [6, 6.07) is 0.323. The zero-order valence-corrected chi connectivity index (χ0v) is 16.9. The van der Waals surface area contributed by atoms with E-state index in [1.54, 1.807) is 0 Å². The summed E-state index contributed by atoms with van der Waals surface area (Å²) in [5.41, 5.74) is 0.0908. The number of carboxylic acids is 1. The van der Waals surface area contributed by atoms with Crippen LogP contribution < -0.4 is 5.32 Å². The minimum absolute atomic E-state index is 0.0908. The topological polar surface area (TPSA) is 82.5 Å². The van der Waals surface area contributed by atoms with Crippen LogP contribution in [-0.4, -0.2) is 58.3 Å². The third-order valence-corrected chi connectivity index (χ3v) is 5.74. The molecule has 0 bridgehead atoms. The SMILES string of the molecule is CCCNCCC.C[C@@H]1CCC(=O)N1CCSc1nc(C(=O)O)cs1. The largest absolute Gasteiger partial charge is 0.476 e. The first-order valence-electron chi connectivity index (χ1n) is 8.81. The molecular formula is C17H29N3O3S2. The van der Waals surface area contributed by atoms with Gasteiger partial charge in [-0.05, 0) is 39.3 Å².